The molecule has 0 radical (unpaired) electrons. The Kier molecular flexibility index (Phi) is 4.10. The second-order valence-corrected chi connectivity index (χ2v) is 6.62. The molecule has 0 bridgehead atoms. The first-order valence-corrected chi connectivity index (χ1v) is 8.08. The van der Waals surface area contributed by atoms with Gasteiger partial charge < -0.3 is 4.74 Å². The van der Waals surface area contributed by atoms with E-state index < -0.39 is 0 Å². The SMILES string of the molecule is CCC(I)(Oc1cccc2ncccc12)c1ccccc1. The number of nitrogens with zero attached hydrogens (tertiary/aromatic N) is 1. The standard InChI is InChI=1S/C18H16INO/c1-2-18(19,14-8-4-3-5-9-14)21-17-12-6-11-16-15(17)10-7-13-20-16/h3-13H,2H2,1H3. The topological polar surface area (TPSA) is 22.1 Å². The molecule has 21 heavy (non-hydrogen) atoms. The Morgan fingerprint density at radius 3 is 2.57 bits per heavy atom. The van der Waals surface area contributed by atoms with E-state index in [2.05, 4.69) is 52.7 Å². The zero-order valence-corrected chi connectivity index (χ0v) is 13.9. The van der Waals surface area contributed by atoms with Crippen LogP contribution in [0.2, 0.25) is 0 Å². The van der Waals surface area contributed by atoms with E-state index in [1.807, 2.05) is 42.5 Å². The lowest BCUT2D eigenvalue weighted by molar-refractivity contribution is 0.184. The van der Waals surface area contributed by atoms with Gasteiger partial charge in [-0.25, -0.2) is 0 Å². The maximum Gasteiger partial charge on any atom is 0.184 e. The molecule has 0 aliphatic carbocycles. The minimum Gasteiger partial charge on any atom is -0.472 e. The Morgan fingerprint density at radius 2 is 1.81 bits per heavy atom. The average molecular weight is 389 g/mol. The molecule has 0 fully saturated rings. The first-order valence-electron chi connectivity index (χ1n) is 7.00. The quantitative estimate of drug-likeness (QED) is 0.446. The first-order chi connectivity index (χ1) is 10.2. The first kappa shape index (κ1) is 14.3. The van der Waals surface area contributed by atoms with Crippen LogP contribution in [0.3, 0.4) is 0 Å². The van der Waals surface area contributed by atoms with Crippen LogP contribution in [0.25, 0.3) is 10.9 Å². The Bertz CT molecular complexity index is 739. The van der Waals surface area contributed by atoms with Crippen LogP contribution in [0.1, 0.15) is 18.9 Å². The number of rotatable bonds is 4. The van der Waals surface area contributed by atoms with Crippen molar-refractivity contribution >= 4 is 33.5 Å². The van der Waals surface area contributed by atoms with E-state index in [9.17, 15) is 0 Å². The van der Waals surface area contributed by atoms with Crippen molar-refractivity contribution in [1.82, 2.24) is 4.98 Å². The van der Waals surface area contributed by atoms with Crippen LogP contribution in [0.5, 0.6) is 5.75 Å². The Morgan fingerprint density at radius 1 is 1.00 bits per heavy atom. The van der Waals surface area contributed by atoms with Gasteiger partial charge in [-0.05, 0) is 53.3 Å². The highest BCUT2D eigenvalue weighted by molar-refractivity contribution is 14.1. The highest BCUT2D eigenvalue weighted by atomic mass is 127. The van der Waals surface area contributed by atoms with Crippen LogP contribution < -0.4 is 4.74 Å². The van der Waals surface area contributed by atoms with Gasteiger partial charge in [0.2, 0.25) is 0 Å². The fourth-order valence-electron chi connectivity index (χ4n) is 2.36. The number of halogens is 1. The molecule has 0 saturated heterocycles. The van der Waals surface area contributed by atoms with Gasteiger partial charge in [-0.2, -0.15) is 0 Å². The molecule has 3 heteroatoms. The smallest absolute Gasteiger partial charge is 0.184 e. The summed E-state index contributed by atoms with van der Waals surface area (Å²) < 4.78 is 6.03. The highest BCUT2D eigenvalue weighted by Crippen LogP contribution is 2.39. The van der Waals surface area contributed by atoms with Crippen LogP contribution in [0, 0.1) is 0 Å². The summed E-state index contributed by atoms with van der Waals surface area (Å²) in [6.45, 7) is 2.14. The number of hydrogen-bond acceptors (Lipinski definition) is 2. The van der Waals surface area contributed by atoms with Crippen LogP contribution in [0.15, 0.2) is 66.9 Å². The molecular formula is C18H16INO. The lowest BCUT2D eigenvalue weighted by Crippen LogP contribution is -2.24. The largest absolute Gasteiger partial charge is 0.472 e. The molecule has 3 aromatic rings. The summed E-state index contributed by atoms with van der Waals surface area (Å²) in [6, 6.07) is 20.3. The molecule has 1 aromatic heterocycles. The van der Waals surface area contributed by atoms with Crippen molar-refractivity contribution in [1.29, 1.82) is 0 Å². The fourth-order valence-corrected chi connectivity index (χ4v) is 2.96. The third kappa shape index (κ3) is 2.88. The van der Waals surface area contributed by atoms with E-state index in [0.29, 0.717) is 0 Å². The van der Waals surface area contributed by atoms with Crippen LogP contribution >= 0.6 is 22.6 Å². The van der Waals surface area contributed by atoms with Gasteiger partial charge in [-0.15, -0.1) is 0 Å². The molecule has 1 unspecified atom stereocenters. The maximum absolute atomic E-state index is 6.40. The van der Waals surface area contributed by atoms with E-state index in [-0.39, 0.29) is 3.61 Å². The average Bonchev–Trinajstić information content (AvgIpc) is 2.56. The minimum atomic E-state index is -0.372. The molecule has 0 aliphatic rings. The lowest BCUT2D eigenvalue weighted by atomic mass is 10.1. The van der Waals surface area contributed by atoms with Crippen molar-refractivity contribution in [2.75, 3.05) is 0 Å². The Labute approximate surface area is 138 Å². The van der Waals surface area contributed by atoms with Crippen molar-refractivity contribution in [3.63, 3.8) is 0 Å². The van der Waals surface area contributed by atoms with Gasteiger partial charge >= 0.3 is 0 Å². The molecule has 1 atom stereocenters. The second kappa shape index (κ2) is 6.02. The van der Waals surface area contributed by atoms with Crippen LogP contribution in [-0.4, -0.2) is 4.98 Å². The van der Waals surface area contributed by atoms with Crippen LogP contribution in [-0.2, 0) is 3.61 Å². The maximum atomic E-state index is 6.40. The summed E-state index contributed by atoms with van der Waals surface area (Å²) in [4.78, 5) is 4.39. The molecule has 2 nitrogen and oxygen atoms in total. The van der Waals surface area contributed by atoms with Gasteiger partial charge in [0.05, 0.1) is 5.52 Å². The minimum absolute atomic E-state index is 0.372. The van der Waals surface area contributed by atoms with Crippen molar-refractivity contribution in [2.24, 2.45) is 0 Å². The summed E-state index contributed by atoms with van der Waals surface area (Å²) in [7, 11) is 0. The fraction of sp³-hybridized carbons (Fsp3) is 0.167. The Balaban J connectivity index is 2.04. The third-order valence-corrected chi connectivity index (χ3v) is 5.14. The van der Waals surface area contributed by atoms with E-state index in [1.54, 1.807) is 6.20 Å². The molecule has 3 rings (SSSR count). The normalized spacial score (nSPS) is 13.8. The zero-order chi connectivity index (χ0) is 14.7. The number of hydrogen-bond donors (Lipinski definition) is 0. The lowest BCUT2D eigenvalue weighted by Gasteiger charge is -2.28. The molecule has 106 valence electrons. The molecule has 0 amide bonds. The predicted molar refractivity (Wildman–Crippen MR) is 94.8 cm³/mol. The number of benzene rings is 2. The van der Waals surface area contributed by atoms with Gasteiger partial charge in [0.15, 0.2) is 3.61 Å². The molecule has 0 spiro atoms. The summed E-state index contributed by atoms with van der Waals surface area (Å²) in [5.41, 5.74) is 2.13. The van der Waals surface area contributed by atoms with E-state index in [1.165, 1.54) is 5.56 Å². The summed E-state index contributed by atoms with van der Waals surface area (Å²) in [5.74, 6) is 0.876. The van der Waals surface area contributed by atoms with Crippen molar-refractivity contribution < 1.29 is 4.74 Å². The molecule has 2 aromatic carbocycles. The van der Waals surface area contributed by atoms with Crippen molar-refractivity contribution in [2.45, 2.75) is 17.0 Å². The predicted octanol–water partition coefficient (Wildman–Crippen LogP) is 5.31. The van der Waals surface area contributed by atoms with Gasteiger partial charge in [0.1, 0.15) is 5.75 Å². The van der Waals surface area contributed by atoms with E-state index in [0.717, 1.165) is 23.1 Å². The van der Waals surface area contributed by atoms with Gasteiger partial charge in [-0.1, -0.05) is 43.3 Å². The van der Waals surface area contributed by atoms with Crippen LogP contribution in [0.4, 0.5) is 0 Å². The Hall–Kier alpha value is -1.62. The van der Waals surface area contributed by atoms with Gasteiger partial charge in [0.25, 0.3) is 0 Å². The van der Waals surface area contributed by atoms with Gasteiger partial charge in [-0.3, -0.25) is 4.98 Å². The molecule has 0 N–H and O–H groups in total. The molecule has 0 saturated carbocycles. The second-order valence-electron chi connectivity index (χ2n) is 4.88. The highest BCUT2D eigenvalue weighted by Gasteiger charge is 2.29. The number of aromatic nitrogens is 1. The van der Waals surface area contributed by atoms with Gasteiger partial charge in [0, 0.05) is 17.1 Å². The number of ether oxygens (including phenoxy) is 1. The summed E-state index contributed by atoms with van der Waals surface area (Å²) in [6.07, 6.45) is 2.69. The summed E-state index contributed by atoms with van der Waals surface area (Å²) in [5, 5.41) is 1.05. The molecular weight excluding hydrogens is 373 g/mol. The molecule has 0 aliphatic heterocycles. The number of pyridine rings is 1. The monoisotopic (exact) mass is 389 g/mol. The summed E-state index contributed by atoms with van der Waals surface area (Å²) >= 11 is 2.40. The van der Waals surface area contributed by atoms with E-state index in [4.69, 9.17) is 4.74 Å². The van der Waals surface area contributed by atoms with Crippen molar-refractivity contribution in [3.8, 4) is 5.75 Å². The zero-order valence-electron chi connectivity index (χ0n) is 11.8. The van der Waals surface area contributed by atoms with Crippen molar-refractivity contribution in [3.05, 3.63) is 72.4 Å². The van der Waals surface area contributed by atoms with E-state index >= 15 is 0 Å². The molecule has 1 heterocycles. The number of alkyl halides is 1. The number of fused-ring (bicyclic) bond motifs is 1. The third-order valence-electron chi connectivity index (χ3n) is 3.54.